The SMILES string of the molecule is O=C(OC12CCCC(CNC1)C2)c1ccccc1. The largest absolute Gasteiger partial charge is 0.454 e. The van der Waals surface area contributed by atoms with E-state index in [-0.39, 0.29) is 11.6 Å². The molecule has 1 aliphatic heterocycles. The molecule has 3 heteroatoms. The molecule has 0 aromatic heterocycles. The first kappa shape index (κ1) is 11.7. The van der Waals surface area contributed by atoms with Gasteiger partial charge in [-0.05, 0) is 50.3 Å². The van der Waals surface area contributed by atoms with E-state index in [9.17, 15) is 4.79 Å². The van der Waals surface area contributed by atoms with Crippen molar-refractivity contribution in [2.45, 2.75) is 31.3 Å². The Kier molecular flexibility index (Phi) is 3.08. The van der Waals surface area contributed by atoms with E-state index < -0.39 is 0 Å². The molecular weight excluding hydrogens is 226 g/mol. The standard InChI is InChI=1S/C15H19NO2/c17-14(13-6-2-1-3-7-13)18-15-8-4-5-12(9-15)10-16-11-15/h1-3,6-7,12,16H,4-5,8-11H2. The number of fused-ring (bicyclic) bond motifs is 2. The fourth-order valence-electron chi connectivity index (χ4n) is 3.24. The highest BCUT2D eigenvalue weighted by atomic mass is 16.6. The van der Waals surface area contributed by atoms with Crippen LogP contribution >= 0.6 is 0 Å². The van der Waals surface area contributed by atoms with Crippen LogP contribution < -0.4 is 5.32 Å². The van der Waals surface area contributed by atoms with Gasteiger partial charge in [0.2, 0.25) is 0 Å². The molecule has 2 bridgehead atoms. The number of nitrogens with one attached hydrogen (secondary N) is 1. The summed E-state index contributed by atoms with van der Waals surface area (Å²) in [6.07, 6.45) is 4.46. The summed E-state index contributed by atoms with van der Waals surface area (Å²) in [6.45, 7) is 1.88. The Bertz CT molecular complexity index is 419. The maximum Gasteiger partial charge on any atom is 0.338 e. The molecule has 2 aliphatic rings. The van der Waals surface area contributed by atoms with Crippen molar-refractivity contribution < 1.29 is 9.53 Å². The Labute approximate surface area is 108 Å². The summed E-state index contributed by atoms with van der Waals surface area (Å²) in [5.41, 5.74) is 0.397. The zero-order chi connectivity index (χ0) is 12.4. The molecule has 2 unspecified atom stereocenters. The molecule has 0 spiro atoms. The van der Waals surface area contributed by atoms with Crippen molar-refractivity contribution in [2.75, 3.05) is 13.1 Å². The number of benzene rings is 1. The van der Waals surface area contributed by atoms with Gasteiger partial charge < -0.3 is 10.1 Å². The molecule has 1 aromatic rings. The molecule has 1 saturated carbocycles. The molecule has 2 fully saturated rings. The van der Waals surface area contributed by atoms with Crippen LogP contribution in [-0.4, -0.2) is 24.7 Å². The molecular formula is C15H19NO2. The molecule has 3 rings (SSSR count). The van der Waals surface area contributed by atoms with Gasteiger partial charge in [0.25, 0.3) is 0 Å². The lowest BCUT2D eigenvalue weighted by Crippen LogP contribution is -2.54. The number of hydrogen-bond donors (Lipinski definition) is 1. The van der Waals surface area contributed by atoms with E-state index in [1.807, 2.05) is 30.3 Å². The third-order valence-corrected chi connectivity index (χ3v) is 4.10. The molecule has 1 aromatic carbocycles. The summed E-state index contributed by atoms with van der Waals surface area (Å²) in [5.74, 6) is 0.496. The normalized spacial score (nSPS) is 30.8. The number of carbonyl (C=O) groups is 1. The second-order valence-corrected chi connectivity index (χ2v) is 5.53. The van der Waals surface area contributed by atoms with E-state index in [1.165, 1.54) is 12.8 Å². The predicted octanol–water partition coefficient (Wildman–Crippen LogP) is 2.38. The zero-order valence-corrected chi connectivity index (χ0v) is 10.5. The van der Waals surface area contributed by atoms with Gasteiger partial charge in [0.15, 0.2) is 0 Å². The molecule has 0 radical (unpaired) electrons. The first-order valence-electron chi connectivity index (χ1n) is 6.77. The molecule has 3 nitrogen and oxygen atoms in total. The van der Waals surface area contributed by atoms with Gasteiger partial charge in [-0.15, -0.1) is 0 Å². The molecule has 1 heterocycles. The number of carbonyl (C=O) groups excluding carboxylic acids is 1. The van der Waals surface area contributed by atoms with Gasteiger partial charge in [-0.2, -0.15) is 0 Å². The highest BCUT2D eigenvalue weighted by Gasteiger charge is 2.42. The highest BCUT2D eigenvalue weighted by Crippen LogP contribution is 2.37. The van der Waals surface area contributed by atoms with Crippen LogP contribution in [0.3, 0.4) is 0 Å². The Hall–Kier alpha value is -1.35. The highest BCUT2D eigenvalue weighted by molar-refractivity contribution is 5.89. The van der Waals surface area contributed by atoms with Gasteiger partial charge >= 0.3 is 5.97 Å². The second-order valence-electron chi connectivity index (χ2n) is 5.53. The van der Waals surface area contributed by atoms with Crippen LogP contribution in [0.4, 0.5) is 0 Å². The zero-order valence-electron chi connectivity index (χ0n) is 10.5. The van der Waals surface area contributed by atoms with Crippen LogP contribution in [0.2, 0.25) is 0 Å². The van der Waals surface area contributed by atoms with E-state index in [1.54, 1.807) is 0 Å². The smallest absolute Gasteiger partial charge is 0.338 e. The van der Waals surface area contributed by atoms with Gasteiger partial charge in [-0.1, -0.05) is 18.2 Å². The van der Waals surface area contributed by atoms with Crippen molar-refractivity contribution in [1.29, 1.82) is 0 Å². The molecule has 2 atom stereocenters. The van der Waals surface area contributed by atoms with Crippen molar-refractivity contribution in [3.05, 3.63) is 35.9 Å². The predicted molar refractivity (Wildman–Crippen MR) is 69.4 cm³/mol. The van der Waals surface area contributed by atoms with Crippen molar-refractivity contribution in [3.63, 3.8) is 0 Å². The van der Waals surface area contributed by atoms with Crippen molar-refractivity contribution in [1.82, 2.24) is 5.32 Å². The van der Waals surface area contributed by atoms with E-state index in [0.29, 0.717) is 11.5 Å². The Balaban J connectivity index is 1.73. The topological polar surface area (TPSA) is 38.3 Å². The monoisotopic (exact) mass is 245 g/mol. The Morgan fingerprint density at radius 2 is 2.17 bits per heavy atom. The first-order chi connectivity index (χ1) is 8.77. The molecule has 0 amide bonds. The molecule has 1 aliphatic carbocycles. The maximum absolute atomic E-state index is 12.2. The van der Waals surface area contributed by atoms with Crippen LogP contribution in [-0.2, 0) is 4.74 Å². The summed E-state index contributed by atoms with van der Waals surface area (Å²) >= 11 is 0. The lowest BCUT2D eigenvalue weighted by Gasteiger charge is -2.44. The van der Waals surface area contributed by atoms with Crippen LogP contribution in [0.5, 0.6) is 0 Å². The molecule has 96 valence electrons. The lowest BCUT2D eigenvalue weighted by molar-refractivity contribution is -0.0608. The fourth-order valence-corrected chi connectivity index (χ4v) is 3.24. The van der Waals surface area contributed by atoms with Crippen molar-refractivity contribution >= 4 is 5.97 Å². The van der Waals surface area contributed by atoms with E-state index in [4.69, 9.17) is 4.74 Å². The number of piperidine rings is 1. The minimum Gasteiger partial charge on any atom is -0.454 e. The van der Waals surface area contributed by atoms with Gasteiger partial charge in [-0.3, -0.25) is 0 Å². The van der Waals surface area contributed by atoms with Crippen LogP contribution in [0, 0.1) is 5.92 Å². The summed E-state index contributed by atoms with van der Waals surface area (Å²) < 4.78 is 5.83. The number of hydrogen-bond acceptors (Lipinski definition) is 3. The minimum atomic E-state index is -0.256. The van der Waals surface area contributed by atoms with Crippen LogP contribution in [0.1, 0.15) is 36.0 Å². The third kappa shape index (κ3) is 2.27. The summed E-state index contributed by atoms with van der Waals surface area (Å²) in [6, 6.07) is 9.28. The first-order valence-corrected chi connectivity index (χ1v) is 6.77. The lowest BCUT2D eigenvalue weighted by atomic mass is 9.75. The quantitative estimate of drug-likeness (QED) is 0.813. The van der Waals surface area contributed by atoms with Gasteiger partial charge in [0, 0.05) is 6.54 Å². The minimum absolute atomic E-state index is 0.181. The molecule has 1 saturated heterocycles. The summed E-state index contributed by atoms with van der Waals surface area (Å²) in [5, 5.41) is 3.41. The van der Waals surface area contributed by atoms with E-state index in [2.05, 4.69) is 5.32 Å². The number of ether oxygens (including phenoxy) is 1. The maximum atomic E-state index is 12.2. The Morgan fingerprint density at radius 3 is 3.00 bits per heavy atom. The molecule has 18 heavy (non-hydrogen) atoms. The average Bonchev–Trinajstić information content (AvgIpc) is 2.39. The fraction of sp³-hybridized carbons (Fsp3) is 0.533. The average molecular weight is 245 g/mol. The van der Waals surface area contributed by atoms with Crippen molar-refractivity contribution in [3.8, 4) is 0 Å². The van der Waals surface area contributed by atoms with E-state index in [0.717, 1.165) is 25.9 Å². The van der Waals surface area contributed by atoms with Gasteiger partial charge in [-0.25, -0.2) is 4.79 Å². The van der Waals surface area contributed by atoms with Gasteiger partial charge in [0.1, 0.15) is 5.60 Å². The summed E-state index contributed by atoms with van der Waals surface area (Å²) in [7, 11) is 0. The summed E-state index contributed by atoms with van der Waals surface area (Å²) in [4.78, 5) is 12.2. The number of rotatable bonds is 2. The third-order valence-electron chi connectivity index (χ3n) is 4.10. The Morgan fingerprint density at radius 1 is 1.33 bits per heavy atom. The van der Waals surface area contributed by atoms with Gasteiger partial charge in [0.05, 0.1) is 5.56 Å². The van der Waals surface area contributed by atoms with Crippen LogP contribution in [0.15, 0.2) is 30.3 Å². The van der Waals surface area contributed by atoms with E-state index >= 15 is 0 Å². The second kappa shape index (κ2) is 4.73. The van der Waals surface area contributed by atoms with Crippen molar-refractivity contribution in [2.24, 2.45) is 5.92 Å². The molecule has 1 N–H and O–H groups in total. The number of esters is 1. The van der Waals surface area contributed by atoms with Crippen LogP contribution in [0.25, 0.3) is 0 Å².